The van der Waals surface area contributed by atoms with Crippen LogP contribution in [0.1, 0.15) is 136 Å². The Hall–Kier alpha value is -0.130. The van der Waals surface area contributed by atoms with Crippen LogP contribution in [-0.4, -0.2) is 29.4 Å². The van der Waals surface area contributed by atoms with Gasteiger partial charge in [0.25, 0.3) is 10.1 Å². The second kappa shape index (κ2) is 18.9. The minimum absolute atomic E-state index is 0.118. The molecule has 170 valence electrons. The normalized spacial score (nSPS) is 14.3. The third-order valence-electron chi connectivity index (χ3n) is 5.84. The van der Waals surface area contributed by atoms with Crippen molar-refractivity contribution in [3.63, 3.8) is 0 Å². The summed E-state index contributed by atoms with van der Waals surface area (Å²) in [7, 11) is -3.90. The lowest BCUT2D eigenvalue weighted by atomic mass is 10.0. The van der Waals surface area contributed by atoms with Crippen molar-refractivity contribution < 1.29 is 18.1 Å². The van der Waals surface area contributed by atoms with Crippen LogP contribution in [0.25, 0.3) is 0 Å². The van der Waals surface area contributed by atoms with Crippen molar-refractivity contribution in [3.05, 3.63) is 0 Å². The molecule has 0 aromatic rings. The number of hydrogen-bond donors (Lipinski definition) is 2. The van der Waals surface area contributed by atoms with Gasteiger partial charge in [-0.1, -0.05) is 110 Å². The van der Waals surface area contributed by atoms with E-state index in [0.717, 1.165) is 51.4 Å². The van der Waals surface area contributed by atoms with E-state index in [1.54, 1.807) is 0 Å². The Kier molecular flexibility index (Phi) is 18.8. The molecule has 0 aromatic heterocycles. The molecule has 0 saturated heterocycles. The Morgan fingerprint density at radius 2 is 0.964 bits per heavy atom. The van der Waals surface area contributed by atoms with Gasteiger partial charge in [-0.3, -0.25) is 4.55 Å². The van der Waals surface area contributed by atoms with E-state index < -0.39 is 15.4 Å². The van der Waals surface area contributed by atoms with Gasteiger partial charge in [0.1, 0.15) is 0 Å². The first kappa shape index (κ1) is 27.9. The molecule has 0 aliphatic rings. The molecular formula is C23H48O4S. The molecule has 0 aliphatic carbocycles. The Bertz CT molecular complexity index is 422. The minimum Gasteiger partial charge on any atom is -0.393 e. The molecule has 0 amide bonds. The summed E-state index contributed by atoms with van der Waals surface area (Å²) >= 11 is 0. The monoisotopic (exact) mass is 420 g/mol. The van der Waals surface area contributed by atoms with Gasteiger partial charge in [-0.05, 0) is 25.7 Å². The Balaban J connectivity index is 3.62. The highest BCUT2D eigenvalue weighted by molar-refractivity contribution is 7.86. The van der Waals surface area contributed by atoms with Gasteiger partial charge in [0.15, 0.2) is 0 Å². The summed E-state index contributed by atoms with van der Waals surface area (Å²) < 4.78 is 32.6. The van der Waals surface area contributed by atoms with Crippen LogP contribution >= 0.6 is 0 Å². The second-order valence-corrected chi connectivity index (χ2v) is 10.2. The number of aliphatic hydroxyl groups is 1. The summed E-state index contributed by atoms with van der Waals surface area (Å²) in [6.07, 6.45) is 20.2. The third-order valence-corrected chi connectivity index (χ3v) is 7.15. The van der Waals surface area contributed by atoms with Crippen LogP contribution in [0.5, 0.6) is 0 Å². The van der Waals surface area contributed by atoms with E-state index >= 15 is 0 Å². The molecule has 0 heterocycles. The zero-order valence-electron chi connectivity index (χ0n) is 18.7. The first-order chi connectivity index (χ1) is 13.4. The van der Waals surface area contributed by atoms with E-state index in [2.05, 4.69) is 6.92 Å². The second-order valence-electron chi connectivity index (χ2n) is 8.51. The van der Waals surface area contributed by atoms with E-state index in [9.17, 15) is 18.1 Å². The Labute approximate surface area is 175 Å². The van der Waals surface area contributed by atoms with Crippen molar-refractivity contribution in [3.8, 4) is 0 Å². The van der Waals surface area contributed by atoms with Gasteiger partial charge in [-0.2, -0.15) is 8.42 Å². The van der Waals surface area contributed by atoms with E-state index in [1.807, 2.05) is 6.92 Å². The van der Waals surface area contributed by atoms with Crippen molar-refractivity contribution >= 4 is 10.1 Å². The average Bonchev–Trinajstić information content (AvgIpc) is 2.65. The first-order valence-corrected chi connectivity index (χ1v) is 13.6. The van der Waals surface area contributed by atoms with E-state index in [1.165, 1.54) is 57.8 Å². The maximum Gasteiger partial charge on any atom is 0.267 e. The van der Waals surface area contributed by atoms with Gasteiger partial charge < -0.3 is 5.11 Å². The van der Waals surface area contributed by atoms with Gasteiger partial charge in [0.2, 0.25) is 0 Å². The summed E-state index contributed by atoms with van der Waals surface area (Å²) in [5.41, 5.74) is 0. The fourth-order valence-corrected chi connectivity index (χ4v) is 4.72. The lowest BCUT2D eigenvalue weighted by molar-refractivity contribution is 0.156. The molecule has 0 saturated carbocycles. The summed E-state index contributed by atoms with van der Waals surface area (Å²) in [4.78, 5) is 0. The minimum atomic E-state index is -3.90. The highest BCUT2D eigenvalue weighted by Crippen LogP contribution is 2.19. The molecule has 2 atom stereocenters. The zero-order valence-corrected chi connectivity index (χ0v) is 19.5. The molecular weight excluding hydrogens is 372 g/mol. The molecule has 0 radical (unpaired) electrons. The first-order valence-electron chi connectivity index (χ1n) is 12.1. The van der Waals surface area contributed by atoms with Gasteiger partial charge >= 0.3 is 0 Å². The highest BCUT2D eigenvalue weighted by atomic mass is 32.2. The van der Waals surface area contributed by atoms with Gasteiger partial charge in [-0.25, -0.2) is 0 Å². The molecule has 2 N–H and O–H groups in total. The van der Waals surface area contributed by atoms with E-state index in [0.29, 0.717) is 12.8 Å². The number of rotatable bonds is 21. The topological polar surface area (TPSA) is 74.6 Å². The molecule has 0 rings (SSSR count). The standard InChI is InChI=1S/C23H48O4S/c1-3-5-6-7-14-17-20-23(28(25,26)27)21-18-15-12-10-8-9-11-13-16-19-22(24)4-2/h22-24H,3-21H2,1-2H3,(H,25,26,27). The molecule has 28 heavy (non-hydrogen) atoms. The van der Waals surface area contributed by atoms with Gasteiger partial charge in [0, 0.05) is 0 Å². The molecule has 0 aromatic carbocycles. The number of aliphatic hydroxyl groups excluding tert-OH is 1. The maximum atomic E-state index is 11.6. The van der Waals surface area contributed by atoms with E-state index in [4.69, 9.17) is 0 Å². The van der Waals surface area contributed by atoms with Crippen molar-refractivity contribution in [1.29, 1.82) is 0 Å². The lowest BCUT2D eigenvalue weighted by Gasteiger charge is -2.13. The summed E-state index contributed by atoms with van der Waals surface area (Å²) in [5.74, 6) is 0. The summed E-state index contributed by atoms with van der Waals surface area (Å²) in [5, 5.41) is 8.95. The lowest BCUT2D eigenvalue weighted by Crippen LogP contribution is -2.20. The van der Waals surface area contributed by atoms with Crippen LogP contribution in [-0.2, 0) is 10.1 Å². The quantitative estimate of drug-likeness (QED) is 0.154. The molecule has 2 unspecified atom stereocenters. The van der Waals surface area contributed by atoms with Crippen molar-refractivity contribution in [2.24, 2.45) is 0 Å². The van der Waals surface area contributed by atoms with Crippen LogP contribution in [0.2, 0.25) is 0 Å². The summed E-state index contributed by atoms with van der Waals surface area (Å²) in [6.45, 7) is 4.21. The fourth-order valence-electron chi connectivity index (χ4n) is 3.79. The Morgan fingerprint density at radius 3 is 1.32 bits per heavy atom. The fraction of sp³-hybridized carbons (Fsp3) is 1.00. The van der Waals surface area contributed by atoms with Crippen molar-refractivity contribution in [2.75, 3.05) is 0 Å². The van der Waals surface area contributed by atoms with Gasteiger partial charge in [0.05, 0.1) is 11.4 Å². The van der Waals surface area contributed by atoms with Crippen LogP contribution in [0.4, 0.5) is 0 Å². The summed E-state index contributed by atoms with van der Waals surface area (Å²) in [6, 6.07) is 0. The predicted octanol–water partition coefficient (Wildman–Crippen LogP) is 7.06. The van der Waals surface area contributed by atoms with Gasteiger partial charge in [-0.15, -0.1) is 0 Å². The highest BCUT2D eigenvalue weighted by Gasteiger charge is 2.21. The SMILES string of the molecule is CCCCCCCCC(CCCCCCCCCCCC(O)CC)S(=O)(=O)O. The molecule has 0 bridgehead atoms. The van der Waals surface area contributed by atoms with Crippen LogP contribution in [0.15, 0.2) is 0 Å². The zero-order chi connectivity index (χ0) is 21.1. The third kappa shape index (κ3) is 17.9. The smallest absolute Gasteiger partial charge is 0.267 e. The predicted molar refractivity (Wildman–Crippen MR) is 120 cm³/mol. The molecule has 4 nitrogen and oxygen atoms in total. The van der Waals surface area contributed by atoms with E-state index in [-0.39, 0.29) is 6.10 Å². The number of unbranched alkanes of at least 4 members (excludes halogenated alkanes) is 13. The average molecular weight is 421 g/mol. The molecule has 0 aliphatic heterocycles. The molecule has 0 fully saturated rings. The van der Waals surface area contributed by atoms with Crippen molar-refractivity contribution in [1.82, 2.24) is 0 Å². The Morgan fingerprint density at radius 1 is 0.607 bits per heavy atom. The number of hydrogen-bond acceptors (Lipinski definition) is 3. The van der Waals surface area contributed by atoms with Crippen LogP contribution in [0, 0.1) is 0 Å². The maximum absolute atomic E-state index is 11.6. The van der Waals surface area contributed by atoms with Crippen LogP contribution < -0.4 is 0 Å². The molecule has 5 heteroatoms. The largest absolute Gasteiger partial charge is 0.393 e. The van der Waals surface area contributed by atoms with Crippen LogP contribution in [0.3, 0.4) is 0 Å². The molecule has 0 spiro atoms. The van der Waals surface area contributed by atoms with Crippen molar-refractivity contribution in [2.45, 2.75) is 147 Å².